The lowest BCUT2D eigenvalue weighted by molar-refractivity contribution is 0.0694. The summed E-state index contributed by atoms with van der Waals surface area (Å²) in [5, 5.41) is 16.6. The Bertz CT molecular complexity index is 602. The van der Waals surface area contributed by atoms with Gasteiger partial charge in [0, 0.05) is 10.5 Å². The normalized spacial score (nSPS) is 10.1. The Morgan fingerprint density at radius 1 is 1.39 bits per heavy atom. The first kappa shape index (κ1) is 12.5. The van der Waals surface area contributed by atoms with E-state index in [1.165, 1.54) is 6.07 Å². The fraction of sp³-hybridized carbons (Fsp3) is 0.0833. The molecule has 0 aliphatic carbocycles. The predicted molar refractivity (Wildman–Crippen MR) is 67.9 cm³/mol. The van der Waals surface area contributed by atoms with Crippen LogP contribution >= 0.6 is 15.9 Å². The molecule has 1 N–H and O–H groups in total. The van der Waals surface area contributed by atoms with Gasteiger partial charge in [0.1, 0.15) is 11.3 Å². The SMILES string of the molecule is Cc1cnnc(Oc2ccc(Br)cc2C(=O)O)c1. The molecule has 0 unspecified atom stereocenters. The maximum absolute atomic E-state index is 11.1. The van der Waals surface area contributed by atoms with E-state index in [0.717, 1.165) is 5.56 Å². The van der Waals surface area contributed by atoms with Gasteiger partial charge in [-0.25, -0.2) is 4.79 Å². The van der Waals surface area contributed by atoms with Crippen LogP contribution in [0.15, 0.2) is 34.9 Å². The molecule has 0 saturated heterocycles. The van der Waals surface area contributed by atoms with Crippen molar-refractivity contribution < 1.29 is 14.6 Å². The summed E-state index contributed by atoms with van der Waals surface area (Å²) in [5.74, 6) is -0.572. The van der Waals surface area contributed by atoms with Crippen molar-refractivity contribution in [2.24, 2.45) is 0 Å². The molecular formula is C12H9BrN2O3. The van der Waals surface area contributed by atoms with Crippen LogP contribution < -0.4 is 4.74 Å². The van der Waals surface area contributed by atoms with Gasteiger partial charge >= 0.3 is 5.97 Å². The van der Waals surface area contributed by atoms with Crippen molar-refractivity contribution in [2.75, 3.05) is 0 Å². The van der Waals surface area contributed by atoms with Gasteiger partial charge in [-0.05, 0) is 30.7 Å². The minimum Gasteiger partial charge on any atom is -0.478 e. The average molecular weight is 309 g/mol. The molecule has 2 aromatic rings. The van der Waals surface area contributed by atoms with Crippen LogP contribution in [0.2, 0.25) is 0 Å². The second-order valence-corrected chi connectivity index (χ2v) is 4.53. The van der Waals surface area contributed by atoms with Crippen molar-refractivity contribution in [3.05, 3.63) is 46.1 Å². The van der Waals surface area contributed by atoms with Gasteiger partial charge in [0.15, 0.2) is 0 Å². The zero-order chi connectivity index (χ0) is 13.1. The lowest BCUT2D eigenvalue weighted by Crippen LogP contribution is -2.01. The number of carboxylic acids is 1. The molecule has 1 heterocycles. The van der Waals surface area contributed by atoms with Gasteiger partial charge in [0.25, 0.3) is 0 Å². The third-order valence-electron chi connectivity index (χ3n) is 2.16. The van der Waals surface area contributed by atoms with Crippen LogP contribution in [0.1, 0.15) is 15.9 Å². The Kier molecular flexibility index (Phi) is 3.57. The number of hydrogen-bond donors (Lipinski definition) is 1. The zero-order valence-corrected chi connectivity index (χ0v) is 11.0. The number of benzene rings is 1. The number of halogens is 1. The molecular weight excluding hydrogens is 300 g/mol. The minimum absolute atomic E-state index is 0.0627. The molecule has 1 aromatic heterocycles. The van der Waals surface area contributed by atoms with Gasteiger partial charge in [0.2, 0.25) is 5.88 Å². The van der Waals surface area contributed by atoms with Crippen LogP contribution in [-0.4, -0.2) is 21.3 Å². The molecule has 0 fully saturated rings. The van der Waals surface area contributed by atoms with Gasteiger partial charge in [-0.1, -0.05) is 15.9 Å². The summed E-state index contributed by atoms with van der Waals surface area (Å²) in [4.78, 5) is 11.1. The van der Waals surface area contributed by atoms with Crippen molar-refractivity contribution in [3.63, 3.8) is 0 Å². The van der Waals surface area contributed by atoms with E-state index in [1.807, 2.05) is 6.92 Å². The first-order valence-corrected chi connectivity index (χ1v) is 5.85. The van der Waals surface area contributed by atoms with Crippen molar-refractivity contribution >= 4 is 21.9 Å². The van der Waals surface area contributed by atoms with Gasteiger partial charge < -0.3 is 9.84 Å². The third kappa shape index (κ3) is 2.84. The monoisotopic (exact) mass is 308 g/mol. The smallest absolute Gasteiger partial charge is 0.339 e. The highest BCUT2D eigenvalue weighted by Crippen LogP contribution is 2.27. The van der Waals surface area contributed by atoms with Crippen molar-refractivity contribution in [1.29, 1.82) is 0 Å². The number of aromatic carboxylic acids is 1. The van der Waals surface area contributed by atoms with Crippen molar-refractivity contribution in [3.8, 4) is 11.6 Å². The molecule has 0 saturated carbocycles. The number of rotatable bonds is 3. The van der Waals surface area contributed by atoms with Crippen LogP contribution in [0.5, 0.6) is 11.6 Å². The molecule has 0 bridgehead atoms. The summed E-state index contributed by atoms with van der Waals surface area (Å²) < 4.78 is 6.10. The molecule has 0 radical (unpaired) electrons. The number of aryl methyl sites for hydroxylation is 1. The summed E-state index contributed by atoms with van der Waals surface area (Å²) >= 11 is 3.21. The standard InChI is InChI=1S/C12H9BrN2O3/c1-7-4-11(15-14-6-7)18-10-3-2-8(13)5-9(10)12(16)17/h2-6H,1H3,(H,16,17). The first-order chi connectivity index (χ1) is 8.56. The molecule has 92 valence electrons. The van der Waals surface area contributed by atoms with E-state index in [0.29, 0.717) is 4.47 Å². The number of ether oxygens (including phenoxy) is 1. The zero-order valence-electron chi connectivity index (χ0n) is 9.42. The molecule has 0 amide bonds. The number of carboxylic acid groups (broad SMARTS) is 1. The molecule has 0 aliphatic heterocycles. The highest BCUT2D eigenvalue weighted by molar-refractivity contribution is 9.10. The highest BCUT2D eigenvalue weighted by atomic mass is 79.9. The number of nitrogens with zero attached hydrogens (tertiary/aromatic N) is 2. The van der Waals surface area contributed by atoms with Crippen molar-refractivity contribution in [1.82, 2.24) is 10.2 Å². The van der Waals surface area contributed by atoms with E-state index in [9.17, 15) is 4.79 Å². The van der Waals surface area contributed by atoms with Crippen LogP contribution in [0.25, 0.3) is 0 Å². The molecule has 2 rings (SSSR count). The van der Waals surface area contributed by atoms with Gasteiger partial charge in [-0.3, -0.25) is 0 Å². The summed E-state index contributed by atoms with van der Waals surface area (Å²) in [6, 6.07) is 6.42. The average Bonchev–Trinajstić information content (AvgIpc) is 2.31. The summed E-state index contributed by atoms with van der Waals surface area (Å²) in [6.45, 7) is 1.85. The van der Waals surface area contributed by atoms with Crippen LogP contribution in [0, 0.1) is 6.92 Å². The largest absolute Gasteiger partial charge is 0.478 e. The van der Waals surface area contributed by atoms with E-state index in [2.05, 4.69) is 26.1 Å². The minimum atomic E-state index is -1.06. The number of hydrogen-bond acceptors (Lipinski definition) is 4. The topological polar surface area (TPSA) is 72.3 Å². The highest BCUT2D eigenvalue weighted by Gasteiger charge is 2.13. The Balaban J connectivity index is 2.37. The lowest BCUT2D eigenvalue weighted by Gasteiger charge is -2.07. The molecule has 1 aromatic carbocycles. The van der Waals surface area contributed by atoms with Crippen LogP contribution in [0.4, 0.5) is 0 Å². The lowest BCUT2D eigenvalue weighted by atomic mass is 10.2. The Morgan fingerprint density at radius 2 is 2.17 bits per heavy atom. The van der Waals surface area contributed by atoms with Gasteiger partial charge in [-0.2, -0.15) is 5.10 Å². The fourth-order valence-electron chi connectivity index (χ4n) is 1.36. The predicted octanol–water partition coefficient (Wildman–Crippen LogP) is 3.04. The maximum Gasteiger partial charge on any atom is 0.339 e. The molecule has 0 aliphatic rings. The maximum atomic E-state index is 11.1. The van der Waals surface area contributed by atoms with Gasteiger partial charge in [0.05, 0.1) is 6.20 Å². The number of aromatic nitrogens is 2. The van der Waals surface area contributed by atoms with E-state index >= 15 is 0 Å². The molecule has 0 spiro atoms. The van der Waals surface area contributed by atoms with Crippen LogP contribution in [-0.2, 0) is 0 Å². The number of carbonyl (C=O) groups is 1. The second kappa shape index (κ2) is 5.14. The Morgan fingerprint density at radius 3 is 2.83 bits per heavy atom. The molecule has 6 heteroatoms. The first-order valence-electron chi connectivity index (χ1n) is 5.06. The van der Waals surface area contributed by atoms with Crippen LogP contribution in [0.3, 0.4) is 0 Å². The fourth-order valence-corrected chi connectivity index (χ4v) is 1.72. The molecule has 5 nitrogen and oxygen atoms in total. The van der Waals surface area contributed by atoms with Gasteiger partial charge in [-0.15, -0.1) is 5.10 Å². The molecule has 18 heavy (non-hydrogen) atoms. The summed E-state index contributed by atoms with van der Waals surface area (Å²) in [5.41, 5.74) is 0.946. The third-order valence-corrected chi connectivity index (χ3v) is 2.65. The van der Waals surface area contributed by atoms with E-state index in [-0.39, 0.29) is 17.2 Å². The second-order valence-electron chi connectivity index (χ2n) is 3.62. The molecule has 0 atom stereocenters. The Labute approximate surface area is 112 Å². The quantitative estimate of drug-likeness (QED) is 0.943. The van der Waals surface area contributed by atoms with Crippen molar-refractivity contribution in [2.45, 2.75) is 6.92 Å². The summed E-state index contributed by atoms with van der Waals surface area (Å²) in [6.07, 6.45) is 1.59. The van der Waals surface area contributed by atoms with E-state index < -0.39 is 5.97 Å². The summed E-state index contributed by atoms with van der Waals surface area (Å²) in [7, 11) is 0. The Hall–Kier alpha value is -1.95. The van der Waals surface area contributed by atoms with E-state index in [1.54, 1.807) is 24.4 Å². The van der Waals surface area contributed by atoms with E-state index in [4.69, 9.17) is 9.84 Å².